The maximum atomic E-state index is 12.2. The molecule has 0 radical (unpaired) electrons. The van der Waals surface area contributed by atoms with Gasteiger partial charge in [-0.3, -0.25) is 0 Å². The molecule has 0 aliphatic heterocycles. The smallest absolute Gasteiger partial charge is 0.338 e. The molecule has 0 N–H and O–H groups in total. The summed E-state index contributed by atoms with van der Waals surface area (Å²) in [6.45, 7) is 0. The van der Waals surface area contributed by atoms with E-state index in [1.807, 2.05) is 0 Å². The second kappa shape index (κ2) is 7.64. The Morgan fingerprint density at radius 3 is 1.12 bits per heavy atom. The van der Waals surface area contributed by atoms with E-state index in [2.05, 4.69) is 9.47 Å². The van der Waals surface area contributed by atoms with Crippen molar-refractivity contribution in [3.8, 4) is 0 Å². The zero-order valence-corrected chi connectivity index (χ0v) is 14.6. The van der Waals surface area contributed by atoms with Crippen LogP contribution in [-0.2, 0) is 18.9 Å². The first-order valence-electron chi connectivity index (χ1n) is 7.33. The summed E-state index contributed by atoms with van der Waals surface area (Å²) in [5.74, 6) is -2.91. The number of esters is 4. The van der Waals surface area contributed by atoms with Crippen LogP contribution >= 0.6 is 0 Å². The van der Waals surface area contributed by atoms with Crippen molar-refractivity contribution >= 4 is 34.6 Å². The number of benzene rings is 2. The van der Waals surface area contributed by atoms with Gasteiger partial charge in [-0.15, -0.1) is 0 Å². The first-order valence-corrected chi connectivity index (χ1v) is 7.33. The van der Waals surface area contributed by atoms with Crippen LogP contribution in [0.25, 0.3) is 10.8 Å². The predicted octanol–water partition coefficient (Wildman–Crippen LogP) is 1.99. The number of ether oxygens (including phenoxy) is 4. The van der Waals surface area contributed by atoms with Crippen LogP contribution in [0.3, 0.4) is 0 Å². The molecule has 26 heavy (non-hydrogen) atoms. The minimum atomic E-state index is -0.751. The summed E-state index contributed by atoms with van der Waals surface area (Å²) in [5, 5.41) is 0.459. The summed E-state index contributed by atoms with van der Waals surface area (Å²) in [6.07, 6.45) is 0. The molecule has 0 aromatic heterocycles. The Morgan fingerprint density at radius 1 is 0.538 bits per heavy atom. The van der Waals surface area contributed by atoms with Crippen molar-refractivity contribution in [3.63, 3.8) is 0 Å². The molecular weight excluding hydrogens is 344 g/mol. The molecule has 2 aromatic rings. The maximum Gasteiger partial charge on any atom is 0.338 e. The van der Waals surface area contributed by atoms with Crippen molar-refractivity contribution in [2.75, 3.05) is 28.4 Å². The SMILES string of the molecule is COC(=O)c1cc(C(=O)OC)c2cc(C(=O)OC)cc(C(=O)OC)c2c1. The largest absolute Gasteiger partial charge is 0.465 e. The van der Waals surface area contributed by atoms with E-state index in [0.717, 1.165) is 0 Å². The number of rotatable bonds is 4. The molecule has 0 fully saturated rings. The lowest BCUT2D eigenvalue weighted by molar-refractivity contribution is 0.0580. The van der Waals surface area contributed by atoms with Gasteiger partial charge in [-0.2, -0.15) is 0 Å². The fraction of sp³-hybridized carbons (Fsp3) is 0.222. The number of carbonyl (C=O) groups excluding carboxylic acids is 4. The molecule has 8 nitrogen and oxygen atoms in total. The molecule has 2 aromatic carbocycles. The van der Waals surface area contributed by atoms with Crippen molar-refractivity contribution in [2.45, 2.75) is 0 Å². The molecule has 0 spiro atoms. The van der Waals surface area contributed by atoms with Crippen molar-refractivity contribution in [3.05, 3.63) is 46.5 Å². The molecule has 2 rings (SSSR count). The van der Waals surface area contributed by atoms with Gasteiger partial charge in [0.15, 0.2) is 0 Å². The van der Waals surface area contributed by atoms with Gasteiger partial charge in [-0.25, -0.2) is 19.2 Å². The summed E-state index contributed by atoms with van der Waals surface area (Å²) in [7, 11) is 4.71. The van der Waals surface area contributed by atoms with Gasteiger partial charge < -0.3 is 18.9 Å². The van der Waals surface area contributed by atoms with Gasteiger partial charge in [-0.05, 0) is 35.0 Å². The summed E-state index contributed by atoms with van der Waals surface area (Å²) in [4.78, 5) is 48.2. The summed E-state index contributed by atoms with van der Waals surface area (Å²) in [6, 6.07) is 5.28. The first kappa shape index (κ1) is 18.9. The third kappa shape index (κ3) is 3.34. The molecule has 0 aliphatic carbocycles. The fourth-order valence-electron chi connectivity index (χ4n) is 2.49. The third-order valence-electron chi connectivity index (χ3n) is 3.72. The molecule has 0 heterocycles. The Bertz CT molecular complexity index is 838. The molecule has 0 bridgehead atoms. The lowest BCUT2D eigenvalue weighted by atomic mass is 9.94. The third-order valence-corrected chi connectivity index (χ3v) is 3.72. The highest BCUT2D eigenvalue weighted by Crippen LogP contribution is 2.28. The van der Waals surface area contributed by atoms with Crippen LogP contribution in [-0.4, -0.2) is 52.3 Å². The van der Waals surface area contributed by atoms with Crippen LogP contribution in [0.1, 0.15) is 41.4 Å². The Kier molecular flexibility index (Phi) is 5.56. The second-order valence-corrected chi connectivity index (χ2v) is 5.11. The molecule has 0 saturated heterocycles. The monoisotopic (exact) mass is 360 g/mol. The second-order valence-electron chi connectivity index (χ2n) is 5.11. The molecule has 0 amide bonds. The number of hydrogen-bond donors (Lipinski definition) is 0. The number of carbonyl (C=O) groups is 4. The van der Waals surface area contributed by atoms with Crippen LogP contribution < -0.4 is 0 Å². The summed E-state index contributed by atoms with van der Waals surface area (Å²) >= 11 is 0. The molecule has 0 aliphatic rings. The summed E-state index contributed by atoms with van der Waals surface area (Å²) in [5.41, 5.74) is 0.0513. The average Bonchev–Trinajstić information content (AvgIpc) is 2.69. The molecule has 8 heteroatoms. The van der Waals surface area contributed by atoms with Crippen molar-refractivity contribution in [1.82, 2.24) is 0 Å². The van der Waals surface area contributed by atoms with E-state index < -0.39 is 23.9 Å². The number of methoxy groups -OCH3 is 4. The fourth-order valence-corrected chi connectivity index (χ4v) is 2.49. The first-order chi connectivity index (χ1) is 12.4. The van der Waals surface area contributed by atoms with Crippen LogP contribution in [0.15, 0.2) is 24.3 Å². The Balaban J connectivity index is 2.97. The Labute approximate surface area is 148 Å². The van der Waals surface area contributed by atoms with E-state index in [1.165, 1.54) is 52.7 Å². The number of fused-ring (bicyclic) bond motifs is 1. The zero-order valence-electron chi connectivity index (χ0n) is 14.6. The van der Waals surface area contributed by atoms with Gasteiger partial charge in [0.2, 0.25) is 0 Å². The average molecular weight is 360 g/mol. The standard InChI is InChI=1S/C18H16O8/c1-23-15(19)9-5-11-12(13(7-9)17(21)25-3)6-10(16(20)24-2)8-14(11)18(22)26-4/h5-8H,1-4H3. The van der Waals surface area contributed by atoms with Crippen molar-refractivity contribution in [2.24, 2.45) is 0 Å². The lowest BCUT2D eigenvalue weighted by Crippen LogP contribution is -2.12. The van der Waals surface area contributed by atoms with Gasteiger partial charge in [0.25, 0.3) is 0 Å². The Hall–Kier alpha value is -3.42. The quantitative estimate of drug-likeness (QED) is 0.602. The van der Waals surface area contributed by atoms with Crippen molar-refractivity contribution in [1.29, 1.82) is 0 Å². The van der Waals surface area contributed by atoms with Crippen molar-refractivity contribution < 1.29 is 38.1 Å². The molecule has 0 saturated carbocycles. The van der Waals surface area contributed by atoms with E-state index in [9.17, 15) is 19.2 Å². The van der Waals surface area contributed by atoms with Gasteiger partial charge in [0.05, 0.1) is 50.7 Å². The van der Waals surface area contributed by atoms with Crippen LogP contribution in [0, 0.1) is 0 Å². The van der Waals surface area contributed by atoms with Gasteiger partial charge in [0, 0.05) is 0 Å². The van der Waals surface area contributed by atoms with Crippen LogP contribution in [0.4, 0.5) is 0 Å². The molecule has 136 valence electrons. The molecule has 0 atom stereocenters. The topological polar surface area (TPSA) is 105 Å². The lowest BCUT2D eigenvalue weighted by Gasteiger charge is -2.13. The highest BCUT2D eigenvalue weighted by Gasteiger charge is 2.23. The minimum Gasteiger partial charge on any atom is -0.465 e. The number of hydrogen-bond acceptors (Lipinski definition) is 8. The van der Waals surface area contributed by atoms with Gasteiger partial charge >= 0.3 is 23.9 Å². The van der Waals surface area contributed by atoms with E-state index >= 15 is 0 Å². The minimum absolute atomic E-state index is 0.0127. The predicted molar refractivity (Wildman–Crippen MR) is 89.3 cm³/mol. The van der Waals surface area contributed by atoms with Gasteiger partial charge in [-0.1, -0.05) is 0 Å². The van der Waals surface area contributed by atoms with E-state index in [0.29, 0.717) is 0 Å². The van der Waals surface area contributed by atoms with E-state index in [4.69, 9.17) is 9.47 Å². The van der Waals surface area contributed by atoms with Crippen LogP contribution in [0.5, 0.6) is 0 Å². The Morgan fingerprint density at radius 2 is 0.846 bits per heavy atom. The zero-order chi connectivity index (χ0) is 19.4. The van der Waals surface area contributed by atoms with Gasteiger partial charge in [0.1, 0.15) is 0 Å². The van der Waals surface area contributed by atoms with E-state index in [-0.39, 0.29) is 33.0 Å². The summed E-state index contributed by atoms with van der Waals surface area (Å²) < 4.78 is 18.8. The highest BCUT2D eigenvalue weighted by atomic mass is 16.5. The molecular formula is C18H16O8. The maximum absolute atomic E-state index is 12.2. The highest BCUT2D eigenvalue weighted by molar-refractivity contribution is 6.15. The van der Waals surface area contributed by atoms with Crippen LogP contribution in [0.2, 0.25) is 0 Å². The normalized spacial score (nSPS) is 10.2. The van der Waals surface area contributed by atoms with E-state index in [1.54, 1.807) is 0 Å². The molecule has 0 unspecified atom stereocenters.